The molecule has 0 spiro atoms. The number of aliphatic carboxylic acids is 1. The predicted molar refractivity (Wildman–Crippen MR) is 64.1 cm³/mol. The Hall–Kier alpha value is -2.41. The molecule has 5 N–H and O–H groups in total. The number of nitrogens with one attached hydrogen (secondary N) is 2. The Morgan fingerprint density at radius 3 is 2.22 bits per heavy atom. The first kappa shape index (κ1) is 13.7. The van der Waals surface area contributed by atoms with Crippen molar-refractivity contribution in [2.45, 2.75) is 0 Å². The Bertz CT molecular complexity index is 456. The number of carboxylic acid groups (broad SMARTS) is 1. The van der Waals surface area contributed by atoms with Crippen LogP contribution >= 0.6 is 0 Å². The highest BCUT2D eigenvalue weighted by Crippen LogP contribution is 2.08. The van der Waals surface area contributed by atoms with Gasteiger partial charge in [0, 0.05) is 11.3 Å². The zero-order valence-electron chi connectivity index (χ0n) is 9.47. The molecule has 0 saturated carbocycles. The predicted octanol–water partition coefficient (Wildman–Crippen LogP) is -0.602. The summed E-state index contributed by atoms with van der Waals surface area (Å²) < 4.78 is 0. The normalized spacial score (nSPS) is 9.78. The molecule has 1 aromatic carbocycles. The van der Waals surface area contributed by atoms with Crippen molar-refractivity contribution in [2.24, 2.45) is 5.73 Å². The molecule has 7 nitrogen and oxygen atoms in total. The number of anilines is 1. The summed E-state index contributed by atoms with van der Waals surface area (Å²) >= 11 is 0. The van der Waals surface area contributed by atoms with Gasteiger partial charge < -0.3 is 16.2 Å². The van der Waals surface area contributed by atoms with E-state index in [1.165, 1.54) is 24.3 Å². The van der Waals surface area contributed by atoms with Crippen LogP contribution in [0, 0.1) is 0 Å². The van der Waals surface area contributed by atoms with Crippen LogP contribution in [0.15, 0.2) is 24.3 Å². The van der Waals surface area contributed by atoms with Gasteiger partial charge in [0.1, 0.15) is 0 Å². The van der Waals surface area contributed by atoms with Crippen molar-refractivity contribution in [2.75, 3.05) is 18.4 Å². The van der Waals surface area contributed by atoms with Crippen molar-refractivity contribution in [1.29, 1.82) is 0 Å². The van der Waals surface area contributed by atoms with Crippen molar-refractivity contribution in [1.82, 2.24) is 5.32 Å². The van der Waals surface area contributed by atoms with Crippen LogP contribution in [-0.4, -0.2) is 36.0 Å². The van der Waals surface area contributed by atoms with Gasteiger partial charge in [-0.3, -0.25) is 19.7 Å². The van der Waals surface area contributed by atoms with Crippen LogP contribution in [0.25, 0.3) is 0 Å². The molecule has 0 aromatic heterocycles. The molecule has 0 heterocycles. The van der Waals surface area contributed by atoms with Crippen molar-refractivity contribution >= 4 is 23.5 Å². The zero-order chi connectivity index (χ0) is 13.5. The Labute approximate surface area is 103 Å². The van der Waals surface area contributed by atoms with E-state index in [0.717, 1.165) is 0 Å². The van der Waals surface area contributed by atoms with Crippen LogP contribution in [-0.2, 0) is 9.59 Å². The molecule has 0 atom stereocenters. The summed E-state index contributed by atoms with van der Waals surface area (Å²) in [4.78, 5) is 32.4. The van der Waals surface area contributed by atoms with E-state index < -0.39 is 11.9 Å². The van der Waals surface area contributed by atoms with E-state index in [4.69, 9.17) is 10.8 Å². The van der Waals surface area contributed by atoms with Gasteiger partial charge in [-0.25, -0.2) is 0 Å². The summed E-state index contributed by atoms with van der Waals surface area (Å²) in [6, 6.07) is 6.05. The van der Waals surface area contributed by atoms with Crippen LogP contribution in [0.5, 0.6) is 0 Å². The zero-order valence-corrected chi connectivity index (χ0v) is 9.47. The highest BCUT2D eigenvalue weighted by Gasteiger charge is 2.04. The molecule has 0 aliphatic heterocycles. The van der Waals surface area contributed by atoms with Crippen LogP contribution in [0.1, 0.15) is 10.4 Å². The smallest absolute Gasteiger partial charge is 0.317 e. The van der Waals surface area contributed by atoms with Gasteiger partial charge in [-0.05, 0) is 24.3 Å². The number of hydrogen-bond acceptors (Lipinski definition) is 4. The molecular weight excluding hydrogens is 238 g/mol. The van der Waals surface area contributed by atoms with Gasteiger partial charge >= 0.3 is 5.97 Å². The number of rotatable bonds is 6. The van der Waals surface area contributed by atoms with Gasteiger partial charge in [-0.15, -0.1) is 0 Å². The largest absolute Gasteiger partial charge is 0.480 e. The molecule has 96 valence electrons. The van der Waals surface area contributed by atoms with E-state index in [1.807, 2.05) is 0 Å². The summed E-state index contributed by atoms with van der Waals surface area (Å²) in [5.74, 6) is -1.95. The molecule has 1 aromatic rings. The van der Waals surface area contributed by atoms with Crippen LogP contribution in [0.3, 0.4) is 0 Å². The van der Waals surface area contributed by atoms with Crippen LogP contribution in [0.2, 0.25) is 0 Å². The average Bonchev–Trinajstić information content (AvgIpc) is 2.29. The molecule has 0 aliphatic rings. The molecule has 0 saturated heterocycles. The van der Waals surface area contributed by atoms with Gasteiger partial charge in [-0.1, -0.05) is 0 Å². The molecule has 7 heteroatoms. The SMILES string of the molecule is NC(=O)c1ccc(NC(=O)CNCC(=O)O)cc1. The van der Waals surface area contributed by atoms with E-state index in [-0.39, 0.29) is 19.0 Å². The molecule has 2 amide bonds. The first-order valence-electron chi connectivity index (χ1n) is 5.11. The van der Waals surface area contributed by atoms with Crippen molar-refractivity contribution in [3.8, 4) is 0 Å². The van der Waals surface area contributed by atoms with E-state index >= 15 is 0 Å². The second-order valence-corrected chi connectivity index (χ2v) is 3.49. The minimum absolute atomic E-state index is 0.107. The third-order valence-corrected chi connectivity index (χ3v) is 2.01. The van der Waals surface area contributed by atoms with Gasteiger partial charge in [0.25, 0.3) is 0 Å². The third-order valence-electron chi connectivity index (χ3n) is 2.01. The molecule has 0 radical (unpaired) electrons. The van der Waals surface area contributed by atoms with Gasteiger partial charge in [0.15, 0.2) is 0 Å². The number of nitrogens with two attached hydrogens (primary N) is 1. The standard InChI is InChI=1S/C11H13N3O4/c12-11(18)7-1-3-8(4-2-7)14-9(15)5-13-6-10(16)17/h1-4,13H,5-6H2,(H2,12,18)(H,14,15)(H,16,17). The fourth-order valence-electron chi connectivity index (χ4n) is 1.21. The number of carbonyl (C=O) groups excluding carboxylic acids is 2. The van der Waals surface area contributed by atoms with Crippen LogP contribution < -0.4 is 16.4 Å². The molecule has 0 fully saturated rings. The van der Waals surface area contributed by atoms with Gasteiger partial charge in [0.2, 0.25) is 11.8 Å². The number of amides is 2. The number of carboxylic acids is 1. The number of hydrogen-bond donors (Lipinski definition) is 4. The number of primary amides is 1. The first-order valence-corrected chi connectivity index (χ1v) is 5.11. The van der Waals surface area contributed by atoms with E-state index in [0.29, 0.717) is 11.3 Å². The van der Waals surface area contributed by atoms with Gasteiger partial charge in [-0.2, -0.15) is 0 Å². The Morgan fingerprint density at radius 2 is 1.72 bits per heavy atom. The third kappa shape index (κ3) is 4.62. The molecular formula is C11H13N3O4. The fourth-order valence-corrected chi connectivity index (χ4v) is 1.21. The Morgan fingerprint density at radius 1 is 1.11 bits per heavy atom. The lowest BCUT2D eigenvalue weighted by atomic mass is 10.2. The Balaban J connectivity index is 2.44. The summed E-state index contributed by atoms with van der Waals surface area (Å²) in [5, 5.41) is 13.3. The number of benzene rings is 1. The minimum Gasteiger partial charge on any atom is -0.480 e. The second-order valence-electron chi connectivity index (χ2n) is 3.49. The molecule has 0 bridgehead atoms. The first-order chi connectivity index (χ1) is 8.49. The second kappa shape index (κ2) is 6.36. The maximum Gasteiger partial charge on any atom is 0.317 e. The summed E-state index contributed by atoms with van der Waals surface area (Å²) in [6.45, 7) is -0.391. The highest BCUT2D eigenvalue weighted by atomic mass is 16.4. The average molecular weight is 251 g/mol. The molecule has 1 rings (SSSR count). The topological polar surface area (TPSA) is 122 Å². The summed E-state index contributed by atoms with van der Waals surface area (Å²) in [5.41, 5.74) is 5.91. The molecule has 18 heavy (non-hydrogen) atoms. The van der Waals surface area contributed by atoms with Crippen molar-refractivity contribution < 1.29 is 19.5 Å². The monoisotopic (exact) mass is 251 g/mol. The van der Waals surface area contributed by atoms with Crippen molar-refractivity contribution in [3.63, 3.8) is 0 Å². The summed E-state index contributed by atoms with van der Waals surface area (Å²) in [6.07, 6.45) is 0. The van der Waals surface area contributed by atoms with E-state index in [1.54, 1.807) is 0 Å². The quantitative estimate of drug-likeness (QED) is 0.537. The lowest BCUT2D eigenvalue weighted by Crippen LogP contribution is -2.31. The fraction of sp³-hybridized carbons (Fsp3) is 0.182. The number of carbonyl (C=O) groups is 3. The molecule has 0 unspecified atom stereocenters. The van der Waals surface area contributed by atoms with Crippen molar-refractivity contribution in [3.05, 3.63) is 29.8 Å². The van der Waals surface area contributed by atoms with Crippen LogP contribution in [0.4, 0.5) is 5.69 Å². The van der Waals surface area contributed by atoms with E-state index in [9.17, 15) is 14.4 Å². The minimum atomic E-state index is -1.03. The maximum absolute atomic E-state index is 11.4. The molecule has 0 aliphatic carbocycles. The summed E-state index contributed by atoms with van der Waals surface area (Å²) in [7, 11) is 0. The highest BCUT2D eigenvalue weighted by molar-refractivity contribution is 5.95. The maximum atomic E-state index is 11.4. The Kier molecular flexibility index (Phi) is 4.82. The van der Waals surface area contributed by atoms with E-state index in [2.05, 4.69) is 10.6 Å². The van der Waals surface area contributed by atoms with Gasteiger partial charge in [0.05, 0.1) is 13.1 Å². The lowest BCUT2D eigenvalue weighted by Gasteiger charge is -2.05. The lowest BCUT2D eigenvalue weighted by molar-refractivity contribution is -0.135.